The van der Waals surface area contributed by atoms with E-state index in [-0.39, 0.29) is 21.9 Å². The first kappa shape index (κ1) is 42.6. The Labute approximate surface area is 410 Å². The summed E-state index contributed by atoms with van der Waals surface area (Å²) in [6, 6.07) is 69.5. The summed E-state index contributed by atoms with van der Waals surface area (Å²) in [5.74, 6) is 0. The van der Waals surface area contributed by atoms with Crippen LogP contribution in [-0.4, -0.2) is 64.1 Å². The molecule has 0 saturated carbocycles. The van der Waals surface area contributed by atoms with Crippen molar-refractivity contribution in [3.05, 3.63) is 200 Å². The zero-order chi connectivity index (χ0) is 47.1. The van der Waals surface area contributed by atoms with Crippen molar-refractivity contribution in [1.29, 1.82) is 0 Å². The Morgan fingerprint density at radius 1 is 0.246 bits per heavy atom. The molecule has 0 aliphatic rings. The lowest BCUT2D eigenvalue weighted by Crippen LogP contribution is -2.48. The van der Waals surface area contributed by atoms with Gasteiger partial charge in [-0.25, -0.2) is 0 Å². The quantitative estimate of drug-likeness (QED) is 0.145. The molecule has 0 saturated heterocycles. The molecule has 0 N–H and O–H groups in total. The number of fused-ring (bicyclic) bond motifs is 6. The molecule has 0 fully saturated rings. The normalized spacial score (nSPS) is 11.6. The van der Waals surface area contributed by atoms with Crippen molar-refractivity contribution in [3.63, 3.8) is 0 Å². The van der Waals surface area contributed by atoms with E-state index in [9.17, 15) is 0 Å². The molecule has 0 aliphatic carbocycles. The summed E-state index contributed by atoms with van der Waals surface area (Å²) < 4.78 is 4.28. The fourth-order valence-corrected chi connectivity index (χ4v) is 10.3. The van der Waals surface area contributed by atoms with Crippen LogP contribution in [0, 0.1) is 0 Å². The first-order valence-electron chi connectivity index (χ1n) is 22.8. The van der Waals surface area contributed by atoms with E-state index in [1.54, 1.807) is 0 Å². The van der Waals surface area contributed by atoms with Crippen molar-refractivity contribution in [1.82, 2.24) is 9.13 Å². The number of rotatable bonds is 7. The van der Waals surface area contributed by atoms with E-state index in [0.29, 0.717) is 43.8 Å². The Kier molecular flexibility index (Phi) is 10.4. The third-order valence-electron chi connectivity index (χ3n) is 13.7. The van der Waals surface area contributed by atoms with E-state index in [4.69, 9.17) is 54.9 Å². The molecule has 304 valence electrons. The minimum atomic E-state index is 0.171. The van der Waals surface area contributed by atoms with Crippen LogP contribution in [0.5, 0.6) is 0 Å². The van der Waals surface area contributed by atoms with Gasteiger partial charge in [0.2, 0.25) is 0 Å². The summed E-state index contributed by atoms with van der Waals surface area (Å²) in [7, 11) is 49.0. The van der Waals surface area contributed by atoms with Gasteiger partial charge in [-0.1, -0.05) is 179 Å². The second-order valence-electron chi connectivity index (χ2n) is 17.6. The van der Waals surface area contributed by atoms with Crippen molar-refractivity contribution >= 4 is 137 Å². The lowest BCUT2D eigenvalue weighted by Gasteiger charge is -2.19. The minimum Gasteiger partial charge on any atom is -0.311 e. The maximum absolute atomic E-state index is 7.43. The molecule has 14 radical (unpaired) electrons. The van der Waals surface area contributed by atoms with Crippen LogP contribution in [0.1, 0.15) is 0 Å². The van der Waals surface area contributed by atoms with Crippen LogP contribution >= 0.6 is 0 Å². The summed E-state index contributed by atoms with van der Waals surface area (Å²) >= 11 is 0. The molecular formula is C60H33B7N2. The fourth-order valence-electron chi connectivity index (χ4n) is 10.3. The lowest BCUT2D eigenvalue weighted by atomic mass is 9.64. The van der Waals surface area contributed by atoms with Crippen LogP contribution in [-0.2, 0) is 0 Å². The Morgan fingerprint density at radius 3 is 1.32 bits per heavy atom. The molecular weight excluding hydrogens is 824 g/mol. The number of hydrogen-bond acceptors (Lipinski definition) is 0. The largest absolute Gasteiger partial charge is 0.311 e. The molecule has 2 heterocycles. The summed E-state index contributed by atoms with van der Waals surface area (Å²) in [5.41, 5.74) is 17.1. The van der Waals surface area contributed by atoms with Crippen molar-refractivity contribution in [2.24, 2.45) is 0 Å². The highest BCUT2D eigenvalue weighted by molar-refractivity contribution is 6.69. The molecule has 0 amide bonds. The van der Waals surface area contributed by atoms with Gasteiger partial charge in [0.1, 0.15) is 54.9 Å². The molecule has 69 heavy (non-hydrogen) atoms. The second kappa shape index (κ2) is 16.8. The van der Waals surface area contributed by atoms with E-state index in [0.717, 1.165) is 83.3 Å². The molecule has 2 nitrogen and oxygen atoms in total. The van der Waals surface area contributed by atoms with Crippen LogP contribution in [0.15, 0.2) is 200 Å². The Hall–Kier alpha value is -7.75. The SMILES string of the molecule is [B]c1c([B])c([B])c2c(c1[B])c1c([B])c(-c3ccc4c(c3)c3ccc(-c5ccccc5)cc3n4-c3cccc(-c4ccccc4)c3)c([B])c([B])c1n2-c1ccc(-c2cccc(-c3ccccc3)c2)cc1. The zero-order valence-corrected chi connectivity index (χ0v) is 37.5. The molecule has 9 heteroatoms. The number of hydrogen-bond donors (Lipinski definition) is 0. The number of aromatic nitrogens is 2. The Bertz CT molecular complexity index is 4010. The van der Waals surface area contributed by atoms with Gasteiger partial charge in [-0.3, -0.25) is 0 Å². The molecule has 0 bridgehead atoms. The topological polar surface area (TPSA) is 9.86 Å². The van der Waals surface area contributed by atoms with Crippen LogP contribution in [0.4, 0.5) is 0 Å². The maximum Gasteiger partial charge on any atom is 0.115 e. The van der Waals surface area contributed by atoms with Gasteiger partial charge in [0.25, 0.3) is 0 Å². The van der Waals surface area contributed by atoms with Gasteiger partial charge in [-0.15, -0.1) is 10.9 Å². The van der Waals surface area contributed by atoms with Crippen LogP contribution in [0.2, 0.25) is 0 Å². The molecule has 12 rings (SSSR count). The van der Waals surface area contributed by atoms with Gasteiger partial charge in [0.05, 0.1) is 11.0 Å². The van der Waals surface area contributed by atoms with Gasteiger partial charge in [-0.05, 0) is 110 Å². The van der Waals surface area contributed by atoms with E-state index in [1.807, 2.05) is 47.0 Å². The van der Waals surface area contributed by atoms with Gasteiger partial charge < -0.3 is 9.13 Å². The van der Waals surface area contributed by atoms with E-state index in [1.165, 1.54) is 0 Å². The lowest BCUT2D eigenvalue weighted by molar-refractivity contribution is 1.18. The van der Waals surface area contributed by atoms with Gasteiger partial charge >= 0.3 is 0 Å². The zero-order valence-electron chi connectivity index (χ0n) is 37.5. The molecule has 0 spiro atoms. The van der Waals surface area contributed by atoms with E-state index >= 15 is 0 Å². The van der Waals surface area contributed by atoms with Crippen molar-refractivity contribution in [2.75, 3.05) is 0 Å². The van der Waals surface area contributed by atoms with E-state index < -0.39 is 0 Å². The highest BCUT2D eigenvalue weighted by Crippen LogP contribution is 2.39. The Morgan fingerprint density at radius 2 is 0.710 bits per heavy atom. The third-order valence-corrected chi connectivity index (χ3v) is 13.7. The highest BCUT2D eigenvalue weighted by atomic mass is 15.0. The smallest absolute Gasteiger partial charge is 0.115 e. The fraction of sp³-hybridized carbons (Fsp3) is 0. The maximum atomic E-state index is 7.43. The average molecular weight is 858 g/mol. The number of nitrogens with zero attached hydrogens (tertiary/aromatic N) is 2. The predicted octanol–water partition coefficient (Wildman–Crippen LogP) is 7.77. The summed E-state index contributed by atoms with van der Waals surface area (Å²) in [6.45, 7) is 0. The average Bonchev–Trinajstić information content (AvgIpc) is 3.94. The van der Waals surface area contributed by atoms with Crippen molar-refractivity contribution < 1.29 is 0 Å². The van der Waals surface area contributed by atoms with E-state index in [2.05, 4.69) is 162 Å². The molecule has 2 aromatic heterocycles. The standard InChI is InChI=1S/C60H33B7N2/c61-52-49(42-25-29-47-46(32-42)45-28-24-41(36-16-8-3-9-17-36)33-48(45)68(47)44-21-11-20-40(31-44)35-14-6-2-7-15-35)53(62)57(66)59-50(52)51-54(63)55(64)56(65)58(67)60(51)69(59)43-26-22-37(23-27-43)39-19-10-18-38(30-39)34-12-4-1-5-13-34/h1-33H. The van der Waals surface area contributed by atoms with Crippen molar-refractivity contribution in [2.45, 2.75) is 0 Å². The van der Waals surface area contributed by atoms with Crippen LogP contribution in [0.3, 0.4) is 0 Å². The highest BCUT2D eigenvalue weighted by Gasteiger charge is 2.25. The molecule has 0 aliphatic heterocycles. The van der Waals surface area contributed by atoms with Gasteiger partial charge in [-0.2, -0.15) is 0 Å². The predicted molar refractivity (Wildman–Crippen MR) is 300 cm³/mol. The first-order valence-corrected chi connectivity index (χ1v) is 22.8. The minimum absolute atomic E-state index is 0.171. The summed E-state index contributed by atoms with van der Waals surface area (Å²) in [4.78, 5) is 0. The monoisotopic (exact) mass is 858 g/mol. The third kappa shape index (κ3) is 6.89. The second-order valence-corrected chi connectivity index (χ2v) is 17.6. The summed E-state index contributed by atoms with van der Waals surface area (Å²) in [5, 5.41) is 3.20. The molecule has 0 atom stereocenters. The van der Waals surface area contributed by atoms with Gasteiger partial charge in [0.15, 0.2) is 0 Å². The van der Waals surface area contributed by atoms with Crippen molar-refractivity contribution in [3.8, 4) is 67.0 Å². The van der Waals surface area contributed by atoms with Crippen LogP contribution < -0.4 is 38.2 Å². The Balaban J connectivity index is 1.06. The summed E-state index contributed by atoms with van der Waals surface area (Å²) in [6.07, 6.45) is 0. The molecule has 0 unspecified atom stereocenters. The number of benzene rings is 10. The van der Waals surface area contributed by atoms with Gasteiger partial charge in [0, 0.05) is 38.6 Å². The molecule has 12 aromatic rings. The van der Waals surface area contributed by atoms with Crippen LogP contribution in [0.25, 0.3) is 111 Å². The molecule has 10 aromatic carbocycles. The first-order chi connectivity index (χ1) is 33.7.